The van der Waals surface area contributed by atoms with Gasteiger partial charge >= 0.3 is 5.97 Å². The smallest absolute Gasteiger partial charge is 0.357 e. The van der Waals surface area contributed by atoms with Crippen molar-refractivity contribution in [1.29, 1.82) is 0 Å². The fraction of sp³-hybridized carbons (Fsp3) is 0.235. The second-order valence-electron chi connectivity index (χ2n) is 4.92. The largest absolute Gasteiger partial charge is 0.461 e. The number of esters is 1. The number of nitrogens with zero attached hydrogens (tertiary/aromatic N) is 3. The Bertz CT molecular complexity index is 827. The predicted octanol–water partition coefficient (Wildman–Crippen LogP) is 3.32. The van der Waals surface area contributed by atoms with E-state index in [4.69, 9.17) is 9.47 Å². The van der Waals surface area contributed by atoms with E-state index in [0.717, 1.165) is 21.3 Å². The zero-order valence-electron chi connectivity index (χ0n) is 13.4. The lowest BCUT2D eigenvalue weighted by molar-refractivity contribution is 0.0516. The lowest BCUT2D eigenvalue weighted by atomic mass is 10.2. The zero-order valence-corrected chi connectivity index (χ0v) is 14.2. The van der Waals surface area contributed by atoms with E-state index in [2.05, 4.69) is 10.1 Å². The summed E-state index contributed by atoms with van der Waals surface area (Å²) in [6.45, 7) is 2.42. The van der Waals surface area contributed by atoms with Crippen molar-refractivity contribution < 1.29 is 14.3 Å². The molecular formula is C17H17N3O3S. The van der Waals surface area contributed by atoms with E-state index in [1.807, 2.05) is 30.3 Å². The third-order valence-corrected chi connectivity index (χ3v) is 4.42. The van der Waals surface area contributed by atoms with Crippen LogP contribution in [-0.4, -0.2) is 34.5 Å². The molecule has 0 amide bonds. The molecule has 0 radical (unpaired) electrons. The second-order valence-corrected chi connectivity index (χ2v) is 5.90. The monoisotopic (exact) mass is 343 g/mol. The van der Waals surface area contributed by atoms with Gasteiger partial charge in [-0.05, 0) is 13.0 Å². The van der Waals surface area contributed by atoms with E-state index in [1.54, 1.807) is 31.0 Å². The first-order valence-electron chi connectivity index (χ1n) is 7.50. The summed E-state index contributed by atoms with van der Waals surface area (Å²) >= 11 is 1.46. The van der Waals surface area contributed by atoms with Gasteiger partial charge in [0, 0.05) is 12.7 Å². The van der Waals surface area contributed by atoms with E-state index in [-0.39, 0.29) is 0 Å². The van der Waals surface area contributed by atoms with E-state index in [9.17, 15) is 4.79 Å². The first-order chi connectivity index (χ1) is 11.7. The zero-order chi connectivity index (χ0) is 16.9. The van der Waals surface area contributed by atoms with Crippen LogP contribution in [0.5, 0.6) is 0 Å². The number of methoxy groups -OCH3 is 1. The summed E-state index contributed by atoms with van der Waals surface area (Å²) in [6.07, 6.45) is 1.57. The number of carbonyl (C=O) groups excluding carboxylic acids is 1. The lowest BCUT2D eigenvalue weighted by Gasteiger charge is -2.06. The molecule has 0 saturated carbocycles. The first kappa shape index (κ1) is 16.4. The van der Waals surface area contributed by atoms with Gasteiger partial charge in [-0.1, -0.05) is 41.7 Å². The number of aromatic nitrogens is 3. The summed E-state index contributed by atoms with van der Waals surface area (Å²) in [5.74, 6) is -0.409. The molecule has 2 aromatic heterocycles. The van der Waals surface area contributed by atoms with Crippen molar-refractivity contribution in [3.63, 3.8) is 0 Å². The van der Waals surface area contributed by atoms with Crippen molar-refractivity contribution in [2.75, 3.05) is 13.7 Å². The van der Waals surface area contributed by atoms with Gasteiger partial charge in [0.2, 0.25) is 0 Å². The maximum Gasteiger partial charge on any atom is 0.357 e. The van der Waals surface area contributed by atoms with E-state index < -0.39 is 5.97 Å². The van der Waals surface area contributed by atoms with Crippen LogP contribution in [0.1, 0.15) is 23.1 Å². The Morgan fingerprint density at radius 1 is 1.25 bits per heavy atom. The van der Waals surface area contributed by atoms with Crippen LogP contribution < -0.4 is 0 Å². The number of rotatable bonds is 6. The Kier molecular flexibility index (Phi) is 5.02. The molecule has 3 aromatic rings. The van der Waals surface area contributed by atoms with Crippen LogP contribution in [0.2, 0.25) is 0 Å². The van der Waals surface area contributed by atoms with Gasteiger partial charge in [-0.25, -0.2) is 14.5 Å². The molecule has 7 heteroatoms. The highest BCUT2D eigenvalue weighted by Crippen LogP contribution is 2.31. The third-order valence-electron chi connectivity index (χ3n) is 3.30. The molecule has 0 fully saturated rings. The normalized spacial score (nSPS) is 10.8. The molecule has 0 atom stereocenters. The van der Waals surface area contributed by atoms with Crippen LogP contribution in [-0.2, 0) is 16.1 Å². The van der Waals surface area contributed by atoms with Gasteiger partial charge in [0.25, 0.3) is 0 Å². The van der Waals surface area contributed by atoms with Gasteiger partial charge in [-0.2, -0.15) is 5.10 Å². The van der Waals surface area contributed by atoms with Crippen LogP contribution in [0.3, 0.4) is 0 Å². The minimum Gasteiger partial charge on any atom is -0.461 e. The molecule has 0 saturated heterocycles. The highest BCUT2D eigenvalue weighted by molar-refractivity contribution is 7.17. The molecule has 0 N–H and O–H groups in total. The van der Waals surface area contributed by atoms with Gasteiger partial charge in [-0.3, -0.25) is 0 Å². The van der Waals surface area contributed by atoms with Gasteiger partial charge < -0.3 is 9.47 Å². The molecule has 6 nitrogen and oxygen atoms in total. The van der Waals surface area contributed by atoms with E-state index >= 15 is 0 Å². The topological polar surface area (TPSA) is 66.2 Å². The first-order valence-corrected chi connectivity index (χ1v) is 8.31. The Balaban J connectivity index is 2.06. The molecule has 0 aliphatic rings. The molecule has 0 unspecified atom stereocenters. The number of carbonyl (C=O) groups is 1. The lowest BCUT2D eigenvalue weighted by Crippen LogP contribution is -2.12. The van der Waals surface area contributed by atoms with Crippen molar-refractivity contribution in [1.82, 2.24) is 14.8 Å². The highest BCUT2D eigenvalue weighted by atomic mass is 32.1. The molecule has 24 heavy (non-hydrogen) atoms. The average Bonchev–Trinajstić information content (AvgIpc) is 3.23. The fourth-order valence-corrected chi connectivity index (χ4v) is 3.32. The Hall–Kier alpha value is -2.51. The summed E-state index contributed by atoms with van der Waals surface area (Å²) in [6, 6.07) is 11.5. The van der Waals surface area contributed by atoms with Crippen LogP contribution in [0, 0.1) is 0 Å². The standard InChI is InChI=1S/C17H17N3O3S/c1-3-23-17(21)14-9-10-18-20(14)16-13(11-22-2)19-15(24-16)12-7-5-4-6-8-12/h4-10H,3,11H2,1-2H3. The molecule has 0 aliphatic heterocycles. The molecule has 0 spiro atoms. The van der Waals surface area contributed by atoms with Crippen molar-refractivity contribution >= 4 is 17.3 Å². The third kappa shape index (κ3) is 3.22. The maximum absolute atomic E-state index is 12.1. The molecule has 0 bridgehead atoms. The maximum atomic E-state index is 12.1. The number of thiazole rings is 1. The molecule has 124 valence electrons. The SMILES string of the molecule is CCOC(=O)c1ccnn1-c1sc(-c2ccccc2)nc1COC. The summed E-state index contributed by atoms with van der Waals surface area (Å²) in [7, 11) is 1.61. The number of hydrogen-bond donors (Lipinski definition) is 0. The van der Waals surface area contributed by atoms with Gasteiger partial charge in [0.1, 0.15) is 15.7 Å². The van der Waals surface area contributed by atoms with Gasteiger partial charge in [0.15, 0.2) is 5.69 Å². The predicted molar refractivity (Wildman–Crippen MR) is 91.3 cm³/mol. The van der Waals surface area contributed by atoms with E-state index in [1.165, 1.54) is 11.3 Å². The minimum atomic E-state index is -0.409. The van der Waals surface area contributed by atoms with E-state index in [0.29, 0.717) is 18.9 Å². The summed E-state index contributed by atoms with van der Waals surface area (Å²) in [5, 5.41) is 5.87. The van der Waals surface area contributed by atoms with Crippen molar-refractivity contribution in [2.24, 2.45) is 0 Å². The Morgan fingerprint density at radius 2 is 2.04 bits per heavy atom. The molecule has 0 aliphatic carbocycles. The molecular weight excluding hydrogens is 326 g/mol. The molecule has 2 heterocycles. The summed E-state index contributed by atoms with van der Waals surface area (Å²) < 4.78 is 11.9. The van der Waals surface area contributed by atoms with Gasteiger partial charge in [-0.15, -0.1) is 0 Å². The number of hydrogen-bond acceptors (Lipinski definition) is 6. The van der Waals surface area contributed by atoms with Crippen molar-refractivity contribution in [2.45, 2.75) is 13.5 Å². The highest BCUT2D eigenvalue weighted by Gasteiger charge is 2.20. The van der Waals surface area contributed by atoms with Crippen LogP contribution in [0.4, 0.5) is 0 Å². The van der Waals surface area contributed by atoms with Crippen molar-refractivity contribution in [3.05, 3.63) is 54.0 Å². The molecule has 3 rings (SSSR count). The number of ether oxygens (including phenoxy) is 2. The quantitative estimate of drug-likeness (QED) is 0.642. The Morgan fingerprint density at radius 3 is 2.75 bits per heavy atom. The second kappa shape index (κ2) is 7.37. The summed E-state index contributed by atoms with van der Waals surface area (Å²) in [5.41, 5.74) is 2.11. The Labute approximate surface area is 143 Å². The fourth-order valence-electron chi connectivity index (χ4n) is 2.27. The summed E-state index contributed by atoms with van der Waals surface area (Å²) in [4.78, 5) is 16.8. The van der Waals surface area contributed by atoms with Crippen LogP contribution in [0.25, 0.3) is 15.6 Å². The molecule has 1 aromatic carbocycles. The van der Waals surface area contributed by atoms with Crippen LogP contribution in [0.15, 0.2) is 42.6 Å². The average molecular weight is 343 g/mol. The van der Waals surface area contributed by atoms with Crippen molar-refractivity contribution in [3.8, 4) is 15.6 Å². The van der Waals surface area contributed by atoms with Crippen LogP contribution >= 0.6 is 11.3 Å². The minimum absolute atomic E-state index is 0.312. The number of benzene rings is 1. The van der Waals surface area contributed by atoms with Gasteiger partial charge in [0.05, 0.1) is 19.4 Å².